The van der Waals surface area contributed by atoms with Crippen molar-refractivity contribution < 1.29 is 19.0 Å². The van der Waals surface area contributed by atoms with Crippen molar-refractivity contribution in [2.24, 2.45) is 5.41 Å². The van der Waals surface area contributed by atoms with Gasteiger partial charge >= 0.3 is 5.97 Å². The molecule has 0 aromatic heterocycles. The molecule has 0 amide bonds. The molecule has 22 heavy (non-hydrogen) atoms. The predicted molar refractivity (Wildman–Crippen MR) is 84.6 cm³/mol. The molecule has 0 saturated carbocycles. The van der Waals surface area contributed by atoms with Crippen LogP contribution in [-0.2, 0) is 20.7 Å². The summed E-state index contributed by atoms with van der Waals surface area (Å²) in [4.78, 5) is 12.5. The van der Waals surface area contributed by atoms with Crippen molar-refractivity contribution in [3.05, 3.63) is 53.3 Å². The van der Waals surface area contributed by atoms with Gasteiger partial charge in [0, 0.05) is 0 Å². The van der Waals surface area contributed by atoms with Crippen molar-refractivity contribution >= 4 is 5.97 Å². The number of carbonyl (C=O) groups excluding carboxylic acids is 1. The minimum absolute atomic E-state index is 0.310. The van der Waals surface area contributed by atoms with Crippen molar-refractivity contribution in [3.63, 3.8) is 0 Å². The first-order chi connectivity index (χ1) is 10.6. The predicted octanol–water partition coefficient (Wildman–Crippen LogP) is 3.28. The number of ether oxygens (including phenoxy) is 3. The molecule has 1 aromatic rings. The molecule has 0 heterocycles. The number of hydrogen-bond acceptors (Lipinski definition) is 4. The van der Waals surface area contributed by atoms with Crippen molar-refractivity contribution in [1.82, 2.24) is 0 Å². The zero-order valence-electron chi connectivity index (χ0n) is 13.5. The number of methoxy groups -OCH3 is 3. The van der Waals surface area contributed by atoms with E-state index < -0.39 is 5.41 Å². The quantitative estimate of drug-likeness (QED) is 0.618. The van der Waals surface area contributed by atoms with Gasteiger partial charge in [0.25, 0.3) is 0 Å². The number of hydrogen-bond donors (Lipinski definition) is 0. The Kier molecular flexibility index (Phi) is 4.91. The van der Waals surface area contributed by atoms with Crippen molar-refractivity contribution in [3.8, 4) is 5.75 Å². The van der Waals surface area contributed by atoms with Gasteiger partial charge in [-0.15, -0.1) is 0 Å². The lowest BCUT2D eigenvalue weighted by atomic mass is 9.75. The maximum absolute atomic E-state index is 12.5. The smallest absolute Gasteiger partial charge is 0.323 e. The van der Waals surface area contributed by atoms with Crippen LogP contribution in [-0.4, -0.2) is 27.3 Å². The Morgan fingerprint density at radius 3 is 2.36 bits per heavy atom. The van der Waals surface area contributed by atoms with Gasteiger partial charge in [-0.1, -0.05) is 23.8 Å². The molecule has 0 N–H and O–H groups in total. The average molecular weight is 302 g/mol. The van der Waals surface area contributed by atoms with Gasteiger partial charge in [0.15, 0.2) is 0 Å². The number of carbonyl (C=O) groups is 1. The molecular formula is C18H22O4. The van der Waals surface area contributed by atoms with Crippen LogP contribution >= 0.6 is 0 Å². The van der Waals surface area contributed by atoms with Crippen molar-refractivity contribution in [2.75, 3.05) is 21.3 Å². The first-order valence-electron chi connectivity index (χ1n) is 7.20. The molecule has 0 saturated heterocycles. The molecule has 118 valence electrons. The van der Waals surface area contributed by atoms with Gasteiger partial charge in [-0.05, 0) is 43.5 Å². The number of esters is 1. The monoisotopic (exact) mass is 302 g/mol. The molecular weight excluding hydrogens is 280 g/mol. The zero-order valence-corrected chi connectivity index (χ0v) is 13.5. The number of allylic oxidation sites excluding steroid dienone is 2. The second kappa shape index (κ2) is 6.69. The SMILES string of the molecule is COC(=O)C1(Cc2ccc(OC)cc2)C=C(C)CC=C1OC. The summed E-state index contributed by atoms with van der Waals surface area (Å²) in [6.07, 6.45) is 5.18. The fourth-order valence-corrected chi connectivity index (χ4v) is 2.87. The largest absolute Gasteiger partial charge is 0.500 e. The van der Waals surface area contributed by atoms with Crippen LogP contribution < -0.4 is 4.74 Å². The van der Waals surface area contributed by atoms with E-state index in [0.29, 0.717) is 12.2 Å². The molecule has 0 fully saturated rings. The molecule has 0 aliphatic heterocycles. The highest BCUT2D eigenvalue weighted by Gasteiger charge is 2.44. The minimum atomic E-state index is -0.902. The van der Waals surface area contributed by atoms with E-state index >= 15 is 0 Å². The Hall–Kier alpha value is -2.23. The Balaban J connectivity index is 2.42. The van der Waals surface area contributed by atoms with E-state index in [-0.39, 0.29) is 5.97 Å². The zero-order chi connectivity index (χ0) is 16.2. The molecule has 4 nitrogen and oxygen atoms in total. The fraction of sp³-hybridized carbons (Fsp3) is 0.389. The standard InChI is InChI=1S/C18H22O4/c1-13-5-10-16(21-3)18(11-13,17(19)22-4)12-14-6-8-15(20-2)9-7-14/h6-11H,5,12H2,1-4H3. The van der Waals surface area contributed by atoms with Crippen LogP contribution in [0.4, 0.5) is 0 Å². The molecule has 1 aliphatic carbocycles. The third kappa shape index (κ3) is 3.01. The van der Waals surface area contributed by atoms with E-state index in [1.807, 2.05) is 43.3 Å². The first kappa shape index (κ1) is 16.1. The normalized spacial score (nSPS) is 20.7. The second-order valence-electron chi connectivity index (χ2n) is 5.46. The third-order valence-electron chi connectivity index (χ3n) is 3.95. The van der Waals surface area contributed by atoms with E-state index in [4.69, 9.17) is 14.2 Å². The lowest BCUT2D eigenvalue weighted by Crippen LogP contribution is -2.37. The molecule has 1 aromatic carbocycles. The van der Waals surface area contributed by atoms with Gasteiger partial charge in [-0.25, -0.2) is 0 Å². The lowest BCUT2D eigenvalue weighted by molar-refractivity contribution is -0.149. The van der Waals surface area contributed by atoms with Gasteiger partial charge in [0.1, 0.15) is 16.9 Å². The van der Waals surface area contributed by atoms with E-state index in [9.17, 15) is 4.79 Å². The average Bonchev–Trinajstić information content (AvgIpc) is 2.55. The molecule has 0 spiro atoms. The summed E-state index contributed by atoms with van der Waals surface area (Å²) >= 11 is 0. The van der Waals surface area contributed by atoms with Gasteiger partial charge in [0.2, 0.25) is 0 Å². The van der Waals surface area contributed by atoms with Crippen LogP contribution in [0.2, 0.25) is 0 Å². The van der Waals surface area contributed by atoms with E-state index in [1.54, 1.807) is 14.2 Å². The van der Waals surface area contributed by atoms with Crippen LogP contribution in [0, 0.1) is 5.41 Å². The van der Waals surface area contributed by atoms with Crippen molar-refractivity contribution in [2.45, 2.75) is 19.8 Å². The number of rotatable bonds is 5. The second-order valence-corrected chi connectivity index (χ2v) is 5.46. The van der Waals surface area contributed by atoms with Crippen LogP contribution in [0.25, 0.3) is 0 Å². The van der Waals surface area contributed by atoms with E-state index in [2.05, 4.69) is 0 Å². The highest BCUT2D eigenvalue weighted by atomic mass is 16.5. The van der Waals surface area contributed by atoms with Crippen LogP contribution in [0.3, 0.4) is 0 Å². The van der Waals surface area contributed by atoms with Gasteiger partial charge in [0.05, 0.1) is 21.3 Å². The van der Waals surface area contributed by atoms with Crippen molar-refractivity contribution in [1.29, 1.82) is 0 Å². The summed E-state index contributed by atoms with van der Waals surface area (Å²) in [5.74, 6) is 1.12. The summed E-state index contributed by atoms with van der Waals surface area (Å²) in [6.45, 7) is 2.01. The fourth-order valence-electron chi connectivity index (χ4n) is 2.87. The highest BCUT2D eigenvalue weighted by molar-refractivity contribution is 5.83. The first-order valence-corrected chi connectivity index (χ1v) is 7.20. The molecule has 4 heteroatoms. The summed E-state index contributed by atoms with van der Waals surface area (Å²) in [5.41, 5.74) is 1.24. The van der Waals surface area contributed by atoms with Gasteiger partial charge in [-0.3, -0.25) is 4.79 Å². The van der Waals surface area contributed by atoms with E-state index in [0.717, 1.165) is 23.3 Å². The maximum atomic E-state index is 12.5. The molecule has 2 rings (SSSR count). The van der Waals surface area contributed by atoms with E-state index in [1.165, 1.54) is 7.11 Å². The third-order valence-corrected chi connectivity index (χ3v) is 3.95. The lowest BCUT2D eigenvalue weighted by Gasteiger charge is -2.33. The Morgan fingerprint density at radius 1 is 1.14 bits per heavy atom. The topological polar surface area (TPSA) is 44.8 Å². The van der Waals surface area contributed by atoms with Crippen LogP contribution in [0.15, 0.2) is 47.7 Å². The summed E-state index contributed by atoms with van der Waals surface area (Å²) in [5, 5.41) is 0. The summed E-state index contributed by atoms with van der Waals surface area (Å²) < 4.78 is 15.7. The van der Waals surface area contributed by atoms with Gasteiger partial charge < -0.3 is 14.2 Å². The Bertz CT molecular complexity index is 598. The minimum Gasteiger partial charge on any atom is -0.500 e. The summed E-state index contributed by atoms with van der Waals surface area (Å²) in [7, 11) is 4.62. The molecule has 0 bridgehead atoms. The Morgan fingerprint density at radius 2 is 1.82 bits per heavy atom. The highest BCUT2D eigenvalue weighted by Crippen LogP contribution is 2.40. The van der Waals surface area contributed by atoms with Crippen LogP contribution in [0.5, 0.6) is 5.75 Å². The van der Waals surface area contributed by atoms with Crippen LogP contribution in [0.1, 0.15) is 18.9 Å². The Labute approximate surface area is 131 Å². The molecule has 1 aliphatic rings. The molecule has 0 radical (unpaired) electrons. The number of benzene rings is 1. The summed E-state index contributed by atoms with van der Waals surface area (Å²) in [6, 6.07) is 7.68. The van der Waals surface area contributed by atoms with Gasteiger partial charge in [-0.2, -0.15) is 0 Å². The molecule has 1 unspecified atom stereocenters. The molecule has 1 atom stereocenters. The maximum Gasteiger partial charge on any atom is 0.323 e.